The lowest BCUT2D eigenvalue weighted by Crippen LogP contribution is -2.42. The molecule has 0 spiro atoms. The minimum absolute atomic E-state index is 0. The third-order valence-electron chi connectivity index (χ3n) is 4.14. The third-order valence-corrected chi connectivity index (χ3v) is 4.14. The van der Waals surface area contributed by atoms with Gasteiger partial charge in [0.2, 0.25) is 0 Å². The Morgan fingerprint density at radius 2 is 1.68 bits per heavy atom. The number of ether oxygens (including phenoxy) is 1. The number of rotatable bonds is 8. The summed E-state index contributed by atoms with van der Waals surface area (Å²) in [6.07, 6.45) is 0.863. The number of nitrogens with one attached hydrogen (secondary N) is 3. The van der Waals surface area contributed by atoms with E-state index in [4.69, 9.17) is 4.74 Å². The highest BCUT2D eigenvalue weighted by Gasteiger charge is 2.04. The predicted molar refractivity (Wildman–Crippen MR) is 125 cm³/mol. The monoisotopic (exact) mass is 496 g/mol. The maximum absolute atomic E-state index is 12.0. The van der Waals surface area contributed by atoms with Crippen molar-refractivity contribution in [3.63, 3.8) is 0 Å². The lowest BCUT2D eigenvalue weighted by molar-refractivity contribution is 0.0954. The molecule has 0 atom stereocenters. The summed E-state index contributed by atoms with van der Waals surface area (Å²) in [4.78, 5) is 16.2. The van der Waals surface area contributed by atoms with Crippen molar-refractivity contribution in [3.8, 4) is 5.75 Å². The number of methoxy groups -OCH3 is 1. The number of nitrogens with zero attached hydrogens (tertiary/aromatic N) is 1. The zero-order chi connectivity index (χ0) is 19.5. The van der Waals surface area contributed by atoms with Crippen molar-refractivity contribution in [1.82, 2.24) is 16.0 Å². The zero-order valence-electron chi connectivity index (χ0n) is 16.6. The number of aryl methyl sites for hydroxylation is 1. The van der Waals surface area contributed by atoms with Crippen LogP contribution in [-0.2, 0) is 6.42 Å². The minimum Gasteiger partial charge on any atom is -0.496 e. The molecule has 0 aliphatic heterocycles. The van der Waals surface area contributed by atoms with Gasteiger partial charge in [-0.3, -0.25) is 9.79 Å². The van der Waals surface area contributed by atoms with Crippen LogP contribution in [0.25, 0.3) is 0 Å². The van der Waals surface area contributed by atoms with Gasteiger partial charge in [0.15, 0.2) is 5.96 Å². The van der Waals surface area contributed by atoms with Crippen LogP contribution in [-0.4, -0.2) is 45.7 Å². The van der Waals surface area contributed by atoms with Gasteiger partial charge >= 0.3 is 0 Å². The van der Waals surface area contributed by atoms with E-state index in [1.807, 2.05) is 25.1 Å². The predicted octanol–water partition coefficient (Wildman–Crippen LogP) is 2.76. The molecule has 0 saturated heterocycles. The van der Waals surface area contributed by atoms with E-state index in [9.17, 15) is 4.79 Å². The van der Waals surface area contributed by atoms with Crippen molar-refractivity contribution in [2.75, 3.05) is 33.8 Å². The van der Waals surface area contributed by atoms with Gasteiger partial charge in [-0.1, -0.05) is 30.3 Å². The average molecular weight is 496 g/mol. The Hall–Kier alpha value is -2.29. The second kappa shape index (κ2) is 13.0. The summed E-state index contributed by atoms with van der Waals surface area (Å²) in [7, 11) is 3.42. The molecule has 0 unspecified atom stereocenters. The first-order chi connectivity index (χ1) is 13.1. The normalized spacial score (nSPS) is 10.6. The molecular formula is C21H29IN4O2. The zero-order valence-corrected chi connectivity index (χ0v) is 18.9. The first-order valence-corrected chi connectivity index (χ1v) is 9.05. The number of benzene rings is 2. The van der Waals surface area contributed by atoms with Crippen molar-refractivity contribution in [2.24, 2.45) is 4.99 Å². The highest BCUT2D eigenvalue weighted by Crippen LogP contribution is 2.18. The van der Waals surface area contributed by atoms with Crippen molar-refractivity contribution in [1.29, 1.82) is 0 Å². The summed E-state index contributed by atoms with van der Waals surface area (Å²) in [5.41, 5.74) is 2.99. The molecule has 152 valence electrons. The number of carbonyl (C=O) groups is 1. The fourth-order valence-corrected chi connectivity index (χ4v) is 2.61. The summed E-state index contributed by atoms with van der Waals surface area (Å²) in [5.74, 6) is 1.54. The first kappa shape index (κ1) is 23.7. The number of guanidine groups is 1. The molecule has 1 amide bonds. The standard InChI is InChI=1S/C21H28N4O2.HI/c1-16-9-10-17(15-19(16)27-3)11-12-24-21(22-2)25-14-13-23-20(26)18-7-5-4-6-8-18;/h4-10,15H,11-14H2,1-3H3,(H,23,26)(H2,22,24,25);1H. The lowest BCUT2D eigenvalue weighted by atomic mass is 10.1. The van der Waals surface area contributed by atoms with Crippen molar-refractivity contribution < 1.29 is 9.53 Å². The number of hydrogen-bond acceptors (Lipinski definition) is 3. The lowest BCUT2D eigenvalue weighted by Gasteiger charge is -2.13. The van der Waals surface area contributed by atoms with Crippen LogP contribution in [0.1, 0.15) is 21.5 Å². The van der Waals surface area contributed by atoms with Crippen molar-refractivity contribution >= 4 is 35.8 Å². The third kappa shape index (κ3) is 7.75. The smallest absolute Gasteiger partial charge is 0.251 e. The van der Waals surface area contributed by atoms with E-state index < -0.39 is 0 Å². The summed E-state index contributed by atoms with van der Waals surface area (Å²) >= 11 is 0. The largest absolute Gasteiger partial charge is 0.496 e. The van der Waals surface area contributed by atoms with E-state index >= 15 is 0 Å². The summed E-state index contributed by atoms with van der Waals surface area (Å²) in [6, 6.07) is 15.4. The van der Waals surface area contributed by atoms with Gasteiger partial charge in [0, 0.05) is 32.2 Å². The van der Waals surface area contributed by atoms with Gasteiger partial charge in [-0.2, -0.15) is 0 Å². The molecule has 7 heteroatoms. The Balaban J connectivity index is 0.00000392. The van der Waals surface area contributed by atoms with Crippen LogP contribution >= 0.6 is 24.0 Å². The van der Waals surface area contributed by atoms with Crippen LogP contribution in [0.5, 0.6) is 5.75 Å². The van der Waals surface area contributed by atoms with Gasteiger partial charge < -0.3 is 20.7 Å². The van der Waals surface area contributed by atoms with Crippen molar-refractivity contribution in [2.45, 2.75) is 13.3 Å². The van der Waals surface area contributed by atoms with Crippen molar-refractivity contribution in [3.05, 3.63) is 65.2 Å². The Bertz CT molecular complexity index is 766. The molecule has 2 aromatic rings. The van der Waals surface area contributed by atoms with E-state index in [1.165, 1.54) is 5.56 Å². The molecule has 3 N–H and O–H groups in total. The Kier molecular flexibility index (Phi) is 11.0. The first-order valence-electron chi connectivity index (χ1n) is 9.05. The van der Waals surface area contributed by atoms with E-state index in [0.29, 0.717) is 24.6 Å². The van der Waals surface area contributed by atoms with Gasteiger partial charge in [-0.25, -0.2) is 0 Å². The molecule has 6 nitrogen and oxygen atoms in total. The molecule has 28 heavy (non-hydrogen) atoms. The number of hydrogen-bond donors (Lipinski definition) is 3. The van der Waals surface area contributed by atoms with Gasteiger partial charge in [0.05, 0.1) is 7.11 Å². The maximum atomic E-state index is 12.0. The quantitative estimate of drug-likeness (QED) is 0.228. The van der Waals surface area contributed by atoms with Gasteiger partial charge in [0.25, 0.3) is 5.91 Å². The summed E-state index contributed by atoms with van der Waals surface area (Å²) in [5, 5.41) is 9.35. The van der Waals surface area contributed by atoms with Crippen LogP contribution < -0.4 is 20.7 Å². The number of amides is 1. The van der Waals surface area contributed by atoms with E-state index in [1.54, 1.807) is 26.3 Å². The molecule has 0 fully saturated rings. The van der Waals surface area contributed by atoms with Gasteiger partial charge in [-0.15, -0.1) is 24.0 Å². The molecule has 0 aliphatic rings. The topological polar surface area (TPSA) is 74.8 Å². The van der Waals surface area contributed by atoms with E-state index in [-0.39, 0.29) is 29.9 Å². The van der Waals surface area contributed by atoms with E-state index in [2.05, 4.69) is 39.1 Å². The number of halogens is 1. The molecule has 0 heterocycles. The highest BCUT2D eigenvalue weighted by molar-refractivity contribution is 14.0. The van der Waals surface area contributed by atoms with Crippen LogP contribution in [0.2, 0.25) is 0 Å². The van der Waals surface area contributed by atoms with Crippen LogP contribution in [0, 0.1) is 6.92 Å². The molecule has 0 bridgehead atoms. The molecule has 0 radical (unpaired) electrons. The number of aliphatic imine (C=N–C) groups is 1. The number of carbonyl (C=O) groups excluding carboxylic acids is 1. The molecular weight excluding hydrogens is 467 g/mol. The van der Waals surface area contributed by atoms with Crippen LogP contribution in [0.3, 0.4) is 0 Å². The molecule has 0 aliphatic carbocycles. The van der Waals surface area contributed by atoms with E-state index in [0.717, 1.165) is 24.3 Å². The SMILES string of the molecule is CN=C(NCCNC(=O)c1ccccc1)NCCc1ccc(C)c(OC)c1.I. The van der Waals surface area contributed by atoms with Crippen LogP contribution in [0.15, 0.2) is 53.5 Å². The highest BCUT2D eigenvalue weighted by atomic mass is 127. The molecule has 2 aromatic carbocycles. The molecule has 0 saturated carbocycles. The summed E-state index contributed by atoms with van der Waals surface area (Å²) in [6.45, 7) is 3.89. The Morgan fingerprint density at radius 1 is 1.00 bits per heavy atom. The maximum Gasteiger partial charge on any atom is 0.251 e. The fourth-order valence-electron chi connectivity index (χ4n) is 2.61. The Morgan fingerprint density at radius 3 is 2.36 bits per heavy atom. The van der Waals surface area contributed by atoms with Gasteiger partial charge in [0.1, 0.15) is 5.75 Å². The fraction of sp³-hybridized carbons (Fsp3) is 0.333. The average Bonchev–Trinajstić information content (AvgIpc) is 2.71. The summed E-state index contributed by atoms with van der Waals surface area (Å²) < 4.78 is 5.36. The van der Waals surface area contributed by atoms with Gasteiger partial charge in [-0.05, 0) is 42.7 Å². The second-order valence-corrected chi connectivity index (χ2v) is 6.10. The minimum atomic E-state index is -0.0753. The van der Waals surface area contributed by atoms with Crippen LogP contribution in [0.4, 0.5) is 0 Å². The molecule has 2 rings (SSSR count). The second-order valence-electron chi connectivity index (χ2n) is 6.10. The Labute approximate surface area is 184 Å². The molecule has 0 aromatic heterocycles.